The van der Waals surface area contributed by atoms with Crippen LogP contribution in [0.25, 0.3) is 11.3 Å². The van der Waals surface area contributed by atoms with Crippen LogP contribution in [0.5, 0.6) is 5.75 Å². The van der Waals surface area contributed by atoms with E-state index in [1.807, 2.05) is 19.1 Å². The molecule has 2 N–H and O–H groups in total. The van der Waals surface area contributed by atoms with E-state index in [0.717, 1.165) is 42.3 Å². The minimum absolute atomic E-state index is 0.177. The summed E-state index contributed by atoms with van der Waals surface area (Å²) in [4.78, 5) is 8.94. The molecule has 1 aliphatic rings. The summed E-state index contributed by atoms with van der Waals surface area (Å²) in [7, 11) is 0. The summed E-state index contributed by atoms with van der Waals surface area (Å²) in [5.41, 5.74) is 9.01. The number of ether oxygens (including phenoxy) is 1. The van der Waals surface area contributed by atoms with Gasteiger partial charge in [-0.2, -0.15) is 0 Å². The molecule has 0 bridgehead atoms. The van der Waals surface area contributed by atoms with E-state index in [-0.39, 0.29) is 5.92 Å². The van der Waals surface area contributed by atoms with Gasteiger partial charge in [0.15, 0.2) is 0 Å². The Kier molecular flexibility index (Phi) is 3.65. The van der Waals surface area contributed by atoms with E-state index >= 15 is 0 Å². The van der Waals surface area contributed by atoms with E-state index < -0.39 is 0 Å². The largest absolute Gasteiger partial charge is 0.493 e. The number of rotatable bonds is 3. The fourth-order valence-electron chi connectivity index (χ4n) is 2.40. The van der Waals surface area contributed by atoms with E-state index in [4.69, 9.17) is 10.5 Å². The molecular weight excluding hydrogens is 250 g/mol. The van der Waals surface area contributed by atoms with Crippen molar-refractivity contribution in [2.45, 2.75) is 25.7 Å². The second kappa shape index (κ2) is 5.59. The molecule has 0 amide bonds. The summed E-state index contributed by atoms with van der Waals surface area (Å²) in [6.45, 7) is 3.42. The fourth-order valence-corrected chi connectivity index (χ4v) is 2.40. The van der Waals surface area contributed by atoms with Crippen molar-refractivity contribution in [1.82, 2.24) is 9.97 Å². The molecular formula is C16H19N3O. The van der Waals surface area contributed by atoms with E-state index in [0.29, 0.717) is 6.54 Å². The fraction of sp³-hybridized carbons (Fsp3) is 0.375. The van der Waals surface area contributed by atoms with Gasteiger partial charge in [-0.15, -0.1) is 0 Å². The smallest absolute Gasteiger partial charge is 0.133 e. The van der Waals surface area contributed by atoms with Crippen LogP contribution in [0, 0.1) is 0 Å². The van der Waals surface area contributed by atoms with E-state index in [2.05, 4.69) is 22.1 Å². The second-order valence-corrected chi connectivity index (χ2v) is 5.21. The van der Waals surface area contributed by atoms with Gasteiger partial charge in [-0.3, -0.25) is 0 Å². The lowest BCUT2D eigenvalue weighted by Gasteiger charge is -2.18. The van der Waals surface area contributed by atoms with Gasteiger partial charge in [0.1, 0.15) is 11.6 Å². The first-order valence-electron chi connectivity index (χ1n) is 7.07. The lowest BCUT2D eigenvalue weighted by atomic mass is 10.0. The molecule has 0 fully saturated rings. The van der Waals surface area contributed by atoms with Gasteiger partial charge in [-0.1, -0.05) is 6.92 Å². The molecule has 4 heteroatoms. The Balaban J connectivity index is 1.96. The Labute approximate surface area is 119 Å². The predicted octanol–water partition coefficient (Wildman–Crippen LogP) is 2.53. The molecule has 0 aliphatic carbocycles. The molecule has 104 valence electrons. The molecule has 0 saturated carbocycles. The quantitative estimate of drug-likeness (QED) is 0.930. The van der Waals surface area contributed by atoms with Crippen molar-refractivity contribution in [3.8, 4) is 17.0 Å². The molecule has 0 radical (unpaired) electrons. The van der Waals surface area contributed by atoms with Gasteiger partial charge in [0.25, 0.3) is 0 Å². The Hall–Kier alpha value is -1.94. The third-order valence-electron chi connectivity index (χ3n) is 3.67. The third-order valence-corrected chi connectivity index (χ3v) is 3.67. The summed E-state index contributed by atoms with van der Waals surface area (Å²) >= 11 is 0. The Morgan fingerprint density at radius 2 is 2.25 bits per heavy atom. The highest BCUT2D eigenvalue weighted by molar-refractivity contribution is 5.62. The molecule has 2 heterocycles. The molecule has 0 spiro atoms. The van der Waals surface area contributed by atoms with Crippen molar-refractivity contribution >= 4 is 0 Å². The van der Waals surface area contributed by atoms with Crippen molar-refractivity contribution < 1.29 is 4.74 Å². The standard InChI is InChI=1S/C16H19N3O/c1-11(10-17)16-18-7-6-14(19-16)12-4-5-15-13(9-12)3-2-8-20-15/h4-7,9,11H,2-3,8,10,17H2,1H3. The maximum atomic E-state index is 5.69. The van der Waals surface area contributed by atoms with Crippen LogP contribution in [-0.4, -0.2) is 23.1 Å². The van der Waals surface area contributed by atoms with Gasteiger partial charge in [0.05, 0.1) is 12.3 Å². The van der Waals surface area contributed by atoms with Crippen molar-refractivity contribution in [1.29, 1.82) is 0 Å². The maximum absolute atomic E-state index is 5.69. The van der Waals surface area contributed by atoms with Crippen LogP contribution in [0.4, 0.5) is 0 Å². The highest BCUT2D eigenvalue weighted by Gasteiger charge is 2.13. The number of nitrogens with zero attached hydrogens (tertiary/aromatic N) is 2. The van der Waals surface area contributed by atoms with Crippen LogP contribution in [0.1, 0.15) is 30.7 Å². The van der Waals surface area contributed by atoms with Gasteiger partial charge < -0.3 is 10.5 Å². The predicted molar refractivity (Wildman–Crippen MR) is 78.8 cm³/mol. The lowest BCUT2D eigenvalue weighted by Crippen LogP contribution is -2.12. The highest BCUT2D eigenvalue weighted by Crippen LogP contribution is 2.29. The van der Waals surface area contributed by atoms with Crippen molar-refractivity contribution in [3.63, 3.8) is 0 Å². The van der Waals surface area contributed by atoms with Gasteiger partial charge >= 0.3 is 0 Å². The van der Waals surface area contributed by atoms with Gasteiger partial charge in [-0.25, -0.2) is 9.97 Å². The summed E-state index contributed by atoms with van der Waals surface area (Å²) < 4.78 is 5.64. The Morgan fingerprint density at radius 3 is 3.10 bits per heavy atom. The number of hydrogen-bond acceptors (Lipinski definition) is 4. The van der Waals surface area contributed by atoms with Crippen LogP contribution in [0.3, 0.4) is 0 Å². The summed E-state index contributed by atoms with van der Waals surface area (Å²) in [6, 6.07) is 8.22. The number of aryl methyl sites for hydroxylation is 1. The van der Waals surface area contributed by atoms with Gasteiger partial charge in [0, 0.05) is 24.2 Å². The highest BCUT2D eigenvalue weighted by atomic mass is 16.5. The van der Waals surface area contributed by atoms with E-state index in [9.17, 15) is 0 Å². The molecule has 3 rings (SSSR count). The van der Waals surface area contributed by atoms with Gasteiger partial charge in [-0.05, 0) is 42.7 Å². The molecule has 20 heavy (non-hydrogen) atoms. The average molecular weight is 269 g/mol. The molecule has 1 aromatic carbocycles. The second-order valence-electron chi connectivity index (χ2n) is 5.21. The van der Waals surface area contributed by atoms with E-state index in [1.54, 1.807) is 6.20 Å². The minimum atomic E-state index is 0.177. The minimum Gasteiger partial charge on any atom is -0.493 e. The first-order chi connectivity index (χ1) is 9.78. The zero-order chi connectivity index (χ0) is 13.9. The van der Waals surface area contributed by atoms with Crippen molar-refractivity contribution in [2.24, 2.45) is 5.73 Å². The van der Waals surface area contributed by atoms with E-state index in [1.165, 1.54) is 5.56 Å². The average Bonchev–Trinajstić information content (AvgIpc) is 2.53. The van der Waals surface area contributed by atoms with Gasteiger partial charge in [0.2, 0.25) is 0 Å². The number of aromatic nitrogens is 2. The number of fused-ring (bicyclic) bond motifs is 1. The molecule has 1 unspecified atom stereocenters. The van der Waals surface area contributed by atoms with Crippen LogP contribution >= 0.6 is 0 Å². The number of nitrogens with two attached hydrogens (primary N) is 1. The monoisotopic (exact) mass is 269 g/mol. The first kappa shape index (κ1) is 13.1. The Bertz CT molecular complexity index is 612. The summed E-state index contributed by atoms with van der Waals surface area (Å²) in [5.74, 6) is 1.99. The maximum Gasteiger partial charge on any atom is 0.133 e. The van der Waals surface area contributed by atoms with Crippen LogP contribution in [0.2, 0.25) is 0 Å². The third kappa shape index (κ3) is 2.51. The topological polar surface area (TPSA) is 61.0 Å². The lowest BCUT2D eigenvalue weighted by molar-refractivity contribution is 0.288. The van der Waals surface area contributed by atoms with Crippen LogP contribution in [0.15, 0.2) is 30.5 Å². The summed E-state index contributed by atoms with van der Waals surface area (Å²) in [6.07, 6.45) is 3.95. The molecule has 4 nitrogen and oxygen atoms in total. The number of benzene rings is 1. The normalized spacial score (nSPS) is 15.3. The SMILES string of the molecule is CC(CN)c1nccc(-c2ccc3c(c2)CCCO3)n1. The molecule has 1 aliphatic heterocycles. The number of hydrogen-bond donors (Lipinski definition) is 1. The zero-order valence-electron chi connectivity index (χ0n) is 11.7. The molecule has 1 aromatic heterocycles. The molecule has 0 saturated heterocycles. The molecule has 1 atom stereocenters. The van der Waals surface area contributed by atoms with Crippen molar-refractivity contribution in [2.75, 3.05) is 13.2 Å². The van der Waals surface area contributed by atoms with Crippen LogP contribution < -0.4 is 10.5 Å². The Morgan fingerprint density at radius 1 is 1.35 bits per heavy atom. The first-order valence-corrected chi connectivity index (χ1v) is 7.07. The van der Waals surface area contributed by atoms with Crippen molar-refractivity contribution in [3.05, 3.63) is 41.9 Å². The zero-order valence-corrected chi connectivity index (χ0v) is 11.7. The molecule has 2 aromatic rings. The summed E-state index contributed by atoms with van der Waals surface area (Å²) in [5, 5.41) is 0. The van der Waals surface area contributed by atoms with Crippen LogP contribution in [-0.2, 0) is 6.42 Å².